The van der Waals surface area contributed by atoms with Gasteiger partial charge in [0.05, 0.1) is 0 Å². The molecule has 0 aromatic heterocycles. The van der Waals surface area contributed by atoms with Crippen LogP contribution in [-0.2, 0) is 0 Å². The molecule has 1 rings (SSSR count). The molecule has 0 amide bonds. The van der Waals surface area contributed by atoms with Gasteiger partial charge in [0.1, 0.15) is 5.67 Å². The van der Waals surface area contributed by atoms with Gasteiger partial charge in [-0.3, -0.25) is 0 Å². The van der Waals surface area contributed by atoms with Crippen molar-refractivity contribution in [2.75, 3.05) is 20.1 Å². The molecule has 72 valence electrons. The molecule has 1 aliphatic heterocycles. The number of hydrogen-bond acceptors (Lipinski definition) is 1. The average Bonchev–Trinajstić information content (AvgIpc) is 1.94. The van der Waals surface area contributed by atoms with Crippen molar-refractivity contribution in [1.82, 2.24) is 4.90 Å². The number of likely N-dealkylation sites (tertiary alicyclic amines) is 1. The number of nitrogens with zero attached hydrogens (tertiary/aromatic N) is 1. The van der Waals surface area contributed by atoms with E-state index in [9.17, 15) is 4.39 Å². The first-order chi connectivity index (χ1) is 5.52. The Labute approximate surface area is 74.9 Å². The summed E-state index contributed by atoms with van der Waals surface area (Å²) in [5, 5.41) is 0. The van der Waals surface area contributed by atoms with Gasteiger partial charge >= 0.3 is 0 Å². The van der Waals surface area contributed by atoms with Crippen molar-refractivity contribution in [3.05, 3.63) is 0 Å². The Balaban J connectivity index is 2.39. The zero-order valence-electron chi connectivity index (χ0n) is 8.44. The topological polar surface area (TPSA) is 3.24 Å². The van der Waals surface area contributed by atoms with Crippen molar-refractivity contribution < 1.29 is 4.39 Å². The van der Waals surface area contributed by atoms with Gasteiger partial charge in [-0.05, 0) is 32.2 Å². The molecule has 0 spiro atoms. The predicted molar refractivity (Wildman–Crippen MR) is 50.0 cm³/mol. The standard InChI is InChI=1S/C10H20FN/c1-9(2)8-10(11)4-6-12(3)7-5-10/h9H,4-8H2,1-3H3. The first-order valence-electron chi connectivity index (χ1n) is 4.89. The van der Waals surface area contributed by atoms with E-state index in [2.05, 4.69) is 25.8 Å². The zero-order valence-corrected chi connectivity index (χ0v) is 8.44. The van der Waals surface area contributed by atoms with Crippen LogP contribution >= 0.6 is 0 Å². The van der Waals surface area contributed by atoms with Crippen molar-refractivity contribution in [3.63, 3.8) is 0 Å². The minimum absolute atomic E-state index is 0.485. The molecule has 0 saturated carbocycles. The van der Waals surface area contributed by atoms with E-state index in [1.165, 1.54) is 0 Å². The first kappa shape index (κ1) is 9.97. The van der Waals surface area contributed by atoms with Crippen LogP contribution in [0.2, 0.25) is 0 Å². The van der Waals surface area contributed by atoms with Gasteiger partial charge in [0.15, 0.2) is 0 Å². The third-order valence-electron chi connectivity index (χ3n) is 2.66. The Morgan fingerprint density at radius 1 is 1.33 bits per heavy atom. The molecule has 1 nitrogen and oxygen atoms in total. The second-order valence-corrected chi connectivity index (χ2v) is 4.55. The van der Waals surface area contributed by atoms with Crippen LogP contribution in [0.5, 0.6) is 0 Å². The number of hydrogen-bond donors (Lipinski definition) is 0. The van der Waals surface area contributed by atoms with E-state index >= 15 is 0 Å². The predicted octanol–water partition coefficient (Wildman–Crippen LogP) is 2.47. The average molecular weight is 173 g/mol. The van der Waals surface area contributed by atoms with Gasteiger partial charge in [0, 0.05) is 13.1 Å². The summed E-state index contributed by atoms with van der Waals surface area (Å²) in [6.07, 6.45) is 2.18. The van der Waals surface area contributed by atoms with E-state index in [1.54, 1.807) is 0 Å². The van der Waals surface area contributed by atoms with Gasteiger partial charge in [-0.15, -0.1) is 0 Å². The van der Waals surface area contributed by atoms with Crippen LogP contribution in [0, 0.1) is 5.92 Å². The molecule has 0 unspecified atom stereocenters. The quantitative estimate of drug-likeness (QED) is 0.620. The first-order valence-corrected chi connectivity index (χ1v) is 4.89. The number of halogens is 1. The van der Waals surface area contributed by atoms with Gasteiger partial charge in [0.25, 0.3) is 0 Å². The number of piperidine rings is 1. The van der Waals surface area contributed by atoms with Gasteiger partial charge < -0.3 is 4.90 Å². The Morgan fingerprint density at radius 3 is 2.25 bits per heavy atom. The lowest BCUT2D eigenvalue weighted by Gasteiger charge is -2.35. The van der Waals surface area contributed by atoms with Crippen molar-refractivity contribution in [3.8, 4) is 0 Å². The normalized spacial score (nSPS) is 24.8. The van der Waals surface area contributed by atoms with E-state index in [-0.39, 0.29) is 0 Å². The summed E-state index contributed by atoms with van der Waals surface area (Å²) in [7, 11) is 2.06. The molecule has 0 atom stereocenters. The van der Waals surface area contributed by atoms with Crippen molar-refractivity contribution >= 4 is 0 Å². The molecule has 2 heteroatoms. The molecular formula is C10H20FN. The fraction of sp³-hybridized carbons (Fsp3) is 1.00. The molecule has 1 aliphatic rings. The van der Waals surface area contributed by atoms with Gasteiger partial charge in [0.2, 0.25) is 0 Å². The summed E-state index contributed by atoms with van der Waals surface area (Å²) in [6.45, 7) is 6.03. The van der Waals surface area contributed by atoms with Crippen molar-refractivity contribution in [2.24, 2.45) is 5.92 Å². The van der Waals surface area contributed by atoms with Gasteiger partial charge in [-0.2, -0.15) is 0 Å². The lowest BCUT2D eigenvalue weighted by atomic mass is 9.86. The third kappa shape index (κ3) is 2.74. The summed E-state index contributed by atoms with van der Waals surface area (Å²) in [4.78, 5) is 2.21. The molecule has 0 bridgehead atoms. The molecule has 1 saturated heterocycles. The summed E-state index contributed by atoms with van der Waals surface area (Å²) >= 11 is 0. The second kappa shape index (κ2) is 3.73. The molecule has 1 heterocycles. The van der Waals surface area contributed by atoms with Crippen molar-refractivity contribution in [1.29, 1.82) is 0 Å². The summed E-state index contributed by atoms with van der Waals surface area (Å²) in [6, 6.07) is 0. The summed E-state index contributed by atoms with van der Waals surface area (Å²) < 4.78 is 14.0. The molecule has 1 fully saturated rings. The fourth-order valence-corrected chi connectivity index (χ4v) is 1.96. The van der Waals surface area contributed by atoms with E-state index in [0.717, 1.165) is 32.4 Å². The summed E-state index contributed by atoms with van der Waals surface area (Å²) in [5.74, 6) is 0.485. The summed E-state index contributed by atoms with van der Waals surface area (Å²) in [5.41, 5.74) is -0.860. The Bertz CT molecular complexity index is 137. The number of alkyl halides is 1. The maximum atomic E-state index is 14.0. The minimum atomic E-state index is -0.860. The molecule has 0 radical (unpaired) electrons. The highest BCUT2D eigenvalue weighted by molar-refractivity contribution is 4.86. The van der Waals surface area contributed by atoms with Crippen LogP contribution in [0.25, 0.3) is 0 Å². The van der Waals surface area contributed by atoms with Gasteiger partial charge in [-0.25, -0.2) is 4.39 Å². The number of rotatable bonds is 2. The zero-order chi connectivity index (χ0) is 9.19. The van der Waals surface area contributed by atoms with Crippen LogP contribution in [0.3, 0.4) is 0 Å². The molecular weight excluding hydrogens is 153 g/mol. The van der Waals surface area contributed by atoms with Crippen LogP contribution in [0.15, 0.2) is 0 Å². The maximum Gasteiger partial charge on any atom is 0.113 e. The molecule has 0 N–H and O–H groups in total. The minimum Gasteiger partial charge on any atom is -0.306 e. The fourth-order valence-electron chi connectivity index (χ4n) is 1.96. The van der Waals surface area contributed by atoms with Crippen LogP contribution in [0.1, 0.15) is 33.1 Å². The van der Waals surface area contributed by atoms with E-state index in [4.69, 9.17) is 0 Å². The third-order valence-corrected chi connectivity index (χ3v) is 2.66. The van der Waals surface area contributed by atoms with Crippen molar-refractivity contribution in [2.45, 2.75) is 38.8 Å². The van der Waals surface area contributed by atoms with E-state index in [1.807, 2.05) is 0 Å². The highest BCUT2D eigenvalue weighted by atomic mass is 19.1. The highest BCUT2D eigenvalue weighted by Gasteiger charge is 2.33. The monoisotopic (exact) mass is 173 g/mol. The lowest BCUT2D eigenvalue weighted by molar-refractivity contribution is 0.0500. The second-order valence-electron chi connectivity index (χ2n) is 4.55. The smallest absolute Gasteiger partial charge is 0.113 e. The Morgan fingerprint density at radius 2 is 1.83 bits per heavy atom. The maximum absolute atomic E-state index is 14.0. The van der Waals surface area contributed by atoms with E-state index in [0.29, 0.717) is 5.92 Å². The molecule has 0 aliphatic carbocycles. The SMILES string of the molecule is CC(C)CC1(F)CCN(C)CC1. The Hall–Kier alpha value is -0.110. The molecule has 0 aromatic carbocycles. The van der Waals surface area contributed by atoms with Crippen LogP contribution < -0.4 is 0 Å². The molecule has 12 heavy (non-hydrogen) atoms. The van der Waals surface area contributed by atoms with Crippen LogP contribution in [-0.4, -0.2) is 30.7 Å². The largest absolute Gasteiger partial charge is 0.306 e. The highest BCUT2D eigenvalue weighted by Crippen LogP contribution is 2.32. The molecule has 0 aromatic rings. The lowest BCUT2D eigenvalue weighted by Crippen LogP contribution is -2.40. The van der Waals surface area contributed by atoms with Gasteiger partial charge in [-0.1, -0.05) is 13.8 Å². The Kier molecular flexibility index (Phi) is 3.10. The van der Waals surface area contributed by atoms with Crippen LogP contribution in [0.4, 0.5) is 4.39 Å². The van der Waals surface area contributed by atoms with E-state index < -0.39 is 5.67 Å².